The normalized spacial score (nSPS) is 12.9. The number of hydrogen-bond donors (Lipinski definition) is 0. The second-order valence-corrected chi connectivity index (χ2v) is 17.8. The maximum Gasteiger partial charge on any atom is 0.160 e. The summed E-state index contributed by atoms with van der Waals surface area (Å²) < 4.78 is 0. The molecule has 0 atom stereocenters. The van der Waals surface area contributed by atoms with E-state index >= 15 is 0 Å². The largest absolute Gasteiger partial charge is 0.252 e. The van der Waals surface area contributed by atoms with E-state index in [4.69, 9.17) is 19.9 Å². The van der Waals surface area contributed by atoms with Crippen LogP contribution < -0.4 is 0 Å². The van der Waals surface area contributed by atoms with Crippen LogP contribution in [-0.4, -0.2) is 19.9 Å². The van der Waals surface area contributed by atoms with Crippen LogP contribution in [0, 0.1) is 0 Å². The third-order valence-electron chi connectivity index (χ3n) is 13.7. The van der Waals surface area contributed by atoms with Crippen LogP contribution in [0.15, 0.2) is 206 Å². The summed E-state index contributed by atoms with van der Waals surface area (Å²) in [4.78, 5) is 21.6. The Labute approximate surface area is 376 Å². The molecule has 0 saturated heterocycles. The van der Waals surface area contributed by atoms with Crippen LogP contribution in [0.2, 0.25) is 0 Å². The van der Waals surface area contributed by atoms with Crippen molar-refractivity contribution < 1.29 is 0 Å². The van der Waals surface area contributed by atoms with Gasteiger partial charge in [0.2, 0.25) is 0 Å². The molecule has 0 radical (unpaired) electrons. The molecule has 13 rings (SSSR count). The van der Waals surface area contributed by atoms with Crippen LogP contribution in [0.4, 0.5) is 0 Å². The summed E-state index contributed by atoms with van der Waals surface area (Å²) in [6.45, 7) is 4.65. The second kappa shape index (κ2) is 14.3. The molecule has 1 aliphatic carbocycles. The molecular formula is C61H40N4. The van der Waals surface area contributed by atoms with Gasteiger partial charge in [-0.3, -0.25) is 4.98 Å². The minimum atomic E-state index is -0.148. The van der Waals surface area contributed by atoms with Crippen LogP contribution in [0.5, 0.6) is 0 Å². The summed E-state index contributed by atoms with van der Waals surface area (Å²) in [6, 6.07) is 71.7. The van der Waals surface area contributed by atoms with Crippen molar-refractivity contribution in [3.63, 3.8) is 0 Å². The van der Waals surface area contributed by atoms with Crippen molar-refractivity contribution in [1.29, 1.82) is 0 Å². The Kier molecular flexibility index (Phi) is 8.22. The molecule has 0 fully saturated rings. The fourth-order valence-electron chi connectivity index (χ4n) is 10.5. The van der Waals surface area contributed by atoms with E-state index in [2.05, 4.69) is 208 Å². The van der Waals surface area contributed by atoms with Crippen molar-refractivity contribution >= 4 is 54.1 Å². The van der Waals surface area contributed by atoms with Gasteiger partial charge in [0.05, 0.1) is 34.3 Å². The lowest BCUT2D eigenvalue weighted by Crippen LogP contribution is -2.14. The topological polar surface area (TPSA) is 51.6 Å². The lowest BCUT2D eigenvalue weighted by atomic mass is 9.82. The maximum absolute atomic E-state index is 5.50. The lowest BCUT2D eigenvalue weighted by Gasteiger charge is -2.22. The number of hydrogen-bond acceptors (Lipinski definition) is 4. The fourth-order valence-corrected chi connectivity index (χ4v) is 10.5. The molecule has 2 heterocycles. The van der Waals surface area contributed by atoms with Gasteiger partial charge in [0.25, 0.3) is 0 Å². The van der Waals surface area contributed by atoms with Gasteiger partial charge in [-0.15, -0.1) is 0 Å². The highest BCUT2D eigenvalue weighted by molar-refractivity contribution is 6.23. The van der Waals surface area contributed by atoms with E-state index in [9.17, 15) is 0 Å². The highest BCUT2D eigenvalue weighted by Gasteiger charge is 2.35. The fraction of sp³-hybridized carbons (Fsp3) is 0.0492. The average molecular weight is 829 g/mol. The van der Waals surface area contributed by atoms with Crippen LogP contribution in [0.25, 0.3) is 122 Å². The van der Waals surface area contributed by atoms with Gasteiger partial charge >= 0.3 is 0 Å². The third kappa shape index (κ3) is 5.91. The Bertz CT molecular complexity index is 3890. The summed E-state index contributed by atoms with van der Waals surface area (Å²) in [5.74, 6) is 0.641. The van der Waals surface area contributed by atoms with Gasteiger partial charge in [-0.05, 0) is 102 Å². The Morgan fingerprint density at radius 1 is 0.323 bits per heavy atom. The van der Waals surface area contributed by atoms with Crippen molar-refractivity contribution in [3.05, 3.63) is 218 Å². The number of aromatic nitrogens is 4. The average Bonchev–Trinajstić information content (AvgIpc) is 3.61. The number of fused-ring (bicyclic) bond motifs is 12. The van der Waals surface area contributed by atoms with Crippen molar-refractivity contribution in [1.82, 2.24) is 19.9 Å². The zero-order valence-corrected chi connectivity index (χ0v) is 35.9. The lowest BCUT2D eigenvalue weighted by molar-refractivity contribution is 0.660. The Balaban J connectivity index is 1.07. The van der Waals surface area contributed by atoms with Gasteiger partial charge in [-0.1, -0.05) is 178 Å². The molecule has 2 aromatic heterocycles. The first-order valence-electron chi connectivity index (χ1n) is 22.3. The van der Waals surface area contributed by atoms with Crippen LogP contribution in [-0.2, 0) is 5.41 Å². The van der Waals surface area contributed by atoms with Gasteiger partial charge in [-0.25, -0.2) is 15.0 Å². The van der Waals surface area contributed by atoms with E-state index < -0.39 is 0 Å². The number of nitrogens with zero attached hydrogens (tertiary/aromatic N) is 4. The molecule has 10 aromatic carbocycles. The zero-order valence-electron chi connectivity index (χ0n) is 35.9. The molecule has 0 saturated carbocycles. The molecule has 0 N–H and O–H groups in total. The molecule has 0 amide bonds. The molecule has 1 aliphatic rings. The molecular weight excluding hydrogens is 789 g/mol. The Morgan fingerprint density at radius 3 is 1.66 bits per heavy atom. The van der Waals surface area contributed by atoms with E-state index in [1.807, 2.05) is 12.3 Å². The first kappa shape index (κ1) is 37.2. The molecule has 4 heteroatoms. The molecule has 304 valence electrons. The van der Waals surface area contributed by atoms with Gasteiger partial charge in [0, 0.05) is 38.4 Å². The van der Waals surface area contributed by atoms with Crippen LogP contribution >= 0.6 is 0 Å². The predicted molar refractivity (Wildman–Crippen MR) is 270 cm³/mol. The highest BCUT2D eigenvalue weighted by Crippen LogP contribution is 2.50. The van der Waals surface area contributed by atoms with E-state index in [1.165, 1.54) is 49.2 Å². The number of rotatable bonds is 5. The molecule has 65 heavy (non-hydrogen) atoms. The van der Waals surface area contributed by atoms with E-state index in [1.54, 1.807) is 0 Å². The van der Waals surface area contributed by atoms with Gasteiger partial charge in [0.15, 0.2) is 5.82 Å². The first-order chi connectivity index (χ1) is 32.0. The van der Waals surface area contributed by atoms with E-state index in [0.29, 0.717) is 5.82 Å². The maximum atomic E-state index is 5.50. The summed E-state index contributed by atoms with van der Waals surface area (Å²) in [5.41, 5.74) is 15.5. The Morgan fingerprint density at radius 2 is 0.892 bits per heavy atom. The monoisotopic (exact) mass is 828 g/mol. The molecule has 0 unspecified atom stereocenters. The summed E-state index contributed by atoms with van der Waals surface area (Å²) in [6.07, 6.45) is 1.93. The summed E-state index contributed by atoms with van der Waals surface area (Å²) >= 11 is 0. The van der Waals surface area contributed by atoms with E-state index in [0.717, 1.165) is 77.7 Å². The molecule has 0 aliphatic heterocycles. The summed E-state index contributed by atoms with van der Waals surface area (Å²) in [7, 11) is 0. The van der Waals surface area contributed by atoms with Crippen molar-refractivity contribution in [2.24, 2.45) is 0 Å². The van der Waals surface area contributed by atoms with Crippen molar-refractivity contribution in [3.8, 4) is 67.4 Å². The van der Waals surface area contributed by atoms with Crippen LogP contribution in [0.1, 0.15) is 25.0 Å². The van der Waals surface area contributed by atoms with Gasteiger partial charge < -0.3 is 0 Å². The Hall–Kier alpha value is -8.34. The zero-order chi connectivity index (χ0) is 43.2. The van der Waals surface area contributed by atoms with E-state index in [-0.39, 0.29) is 5.41 Å². The minimum absolute atomic E-state index is 0.148. The van der Waals surface area contributed by atoms with Crippen LogP contribution in [0.3, 0.4) is 0 Å². The molecule has 0 spiro atoms. The van der Waals surface area contributed by atoms with Gasteiger partial charge in [0.1, 0.15) is 0 Å². The SMILES string of the molecule is CC1(C)c2ccccc2-c2ccc(-c3cc(-c4ccccc4)nc(-c4cc(-c5cnc6c7ccccc7c7ccccc7c6n5)cc(-c5cc6ccccc6c6ccccc56)c4)n3)cc21. The van der Waals surface area contributed by atoms with Crippen molar-refractivity contribution in [2.45, 2.75) is 19.3 Å². The van der Waals surface area contributed by atoms with Gasteiger partial charge in [-0.2, -0.15) is 0 Å². The van der Waals surface area contributed by atoms with Crippen molar-refractivity contribution in [2.75, 3.05) is 0 Å². The summed E-state index contributed by atoms with van der Waals surface area (Å²) in [5, 5.41) is 9.31. The number of benzene rings is 10. The first-order valence-corrected chi connectivity index (χ1v) is 22.3. The quantitative estimate of drug-likeness (QED) is 0.162. The molecule has 12 aromatic rings. The highest BCUT2D eigenvalue weighted by atomic mass is 14.9. The molecule has 4 nitrogen and oxygen atoms in total. The standard InChI is InChI=1S/C61H40N4/c1-61(2)53-27-15-14-24-48(53)49-29-28-39(34-54(49)61)56-35-55(37-16-4-3-5-17-37)64-60(65-56)42-31-40(52-33-38-18-6-7-19-43(38)44-20-8-9-23-47(44)52)30-41(32-42)57-36-62-58-50-25-12-10-21-45(50)46-22-11-13-26-51(46)59(58)63-57/h3-36H,1-2H3. The minimum Gasteiger partial charge on any atom is -0.252 e. The third-order valence-corrected chi connectivity index (χ3v) is 13.7. The second-order valence-electron chi connectivity index (χ2n) is 17.8. The predicted octanol–water partition coefficient (Wildman–Crippen LogP) is 15.7. The molecule has 0 bridgehead atoms. The smallest absolute Gasteiger partial charge is 0.160 e.